The van der Waals surface area contributed by atoms with Gasteiger partial charge in [-0.3, -0.25) is 9.88 Å². The van der Waals surface area contributed by atoms with Crippen molar-refractivity contribution in [1.29, 1.82) is 0 Å². The third-order valence-corrected chi connectivity index (χ3v) is 4.04. The lowest BCUT2D eigenvalue weighted by molar-refractivity contribution is 0.0365. The van der Waals surface area contributed by atoms with Gasteiger partial charge in [-0.15, -0.1) is 0 Å². The summed E-state index contributed by atoms with van der Waals surface area (Å²) in [4.78, 5) is 11.4. The van der Waals surface area contributed by atoms with E-state index in [9.17, 15) is 0 Å². The SMILES string of the molecule is CC(C)(C)c1cc2c(cn1)ncn2CCN1CCOCC1. The van der Waals surface area contributed by atoms with Crippen LogP contribution in [0.1, 0.15) is 26.5 Å². The number of morpholine rings is 1. The highest BCUT2D eigenvalue weighted by atomic mass is 16.5. The van der Waals surface area contributed by atoms with E-state index in [0.29, 0.717) is 0 Å². The van der Waals surface area contributed by atoms with Gasteiger partial charge >= 0.3 is 0 Å². The number of hydrogen-bond donors (Lipinski definition) is 0. The maximum absolute atomic E-state index is 5.39. The maximum Gasteiger partial charge on any atom is 0.107 e. The summed E-state index contributed by atoms with van der Waals surface area (Å²) in [5.74, 6) is 0. The summed E-state index contributed by atoms with van der Waals surface area (Å²) in [6, 6.07) is 2.18. The van der Waals surface area contributed by atoms with Crippen molar-refractivity contribution in [3.63, 3.8) is 0 Å². The average Bonchev–Trinajstić information content (AvgIpc) is 2.87. The molecule has 0 saturated carbocycles. The number of imidazole rings is 1. The van der Waals surface area contributed by atoms with Crippen LogP contribution in [0.25, 0.3) is 11.0 Å². The molecule has 0 radical (unpaired) electrons. The minimum absolute atomic E-state index is 0.0630. The zero-order chi connectivity index (χ0) is 14.9. The molecule has 0 atom stereocenters. The van der Waals surface area contributed by atoms with Crippen LogP contribution in [0.2, 0.25) is 0 Å². The van der Waals surface area contributed by atoms with Crippen LogP contribution in [0.3, 0.4) is 0 Å². The lowest BCUT2D eigenvalue weighted by Gasteiger charge is -2.26. The van der Waals surface area contributed by atoms with Gasteiger partial charge < -0.3 is 9.30 Å². The monoisotopic (exact) mass is 288 g/mol. The Morgan fingerprint density at radius 2 is 1.90 bits per heavy atom. The first kappa shape index (κ1) is 14.5. The molecule has 21 heavy (non-hydrogen) atoms. The van der Waals surface area contributed by atoms with E-state index in [1.165, 1.54) is 5.52 Å². The first-order chi connectivity index (χ1) is 10.0. The molecule has 0 N–H and O–H groups in total. The van der Waals surface area contributed by atoms with Crippen LogP contribution in [-0.2, 0) is 16.7 Å². The first-order valence-electron chi connectivity index (χ1n) is 7.65. The lowest BCUT2D eigenvalue weighted by Crippen LogP contribution is -2.38. The van der Waals surface area contributed by atoms with Gasteiger partial charge in [-0.1, -0.05) is 20.8 Å². The molecule has 0 amide bonds. The molecule has 1 aliphatic rings. The van der Waals surface area contributed by atoms with Gasteiger partial charge in [-0.25, -0.2) is 4.98 Å². The molecule has 1 fully saturated rings. The zero-order valence-electron chi connectivity index (χ0n) is 13.2. The van der Waals surface area contributed by atoms with E-state index in [1.807, 2.05) is 12.5 Å². The van der Waals surface area contributed by atoms with Crippen molar-refractivity contribution in [3.05, 3.63) is 24.3 Å². The van der Waals surface area contributed by atoms with Crippen molar-refractivity contribution in [2.75, 3.05) is 32.8 Å². The fourth-order valence-electron chi connectivity index (χ4n) is 2.62. The van der Waals surface area contributed by atoms with E-state index in [1.54, 1.807) is 0 Å². The van der Waals surface area contributed by atoms with E-state index in [-0.39, 0.29) is 5.41 Å². The molecule has 114 valence electrons. The molecule has 5 nitrogen and oxygen atoms in total. The average molecular weight is 288 g/mol. The Hall–Kier alpha value is -1.46. The Labute approximate surface area is 125 Å². The number of hydrogen-bond acceptors (Lipinski definition) is 4. The molecule has 3 rings (SSSR count). The summed E-state index contributed by atoms with van der Waals surface area (Å²) in [5, 5.41) is 0. The maximum atomic E-state index is 5.39. The van der Waals surface area contributed by atoms with Crippen LogP contribution in [0.4, 0.5) is 0 Å². The Bertz CT molecular complexity index is 608. The summed E-state index contributed by atoms with van der Waals surface area (Å²) in [5.41, 5.74) is 3.34. The highest BCUT2D eigenvalue weighted by molar-refractivity contribution is 5.74. The molecule has 2 aromatic heterocycles. The van der Waals surface area contributed by atoms with E-state index < -0.39 is 0 Å². The predicted octanol–water partition coefficient (Wildman–Crippen LogP) is 2.06. The molecule has 0 unspecified atom stereocenters. The van der Waals surface area contributed by atoms with Crippen LogP contribution < -0.4 is 0 Å². The van der Waals surface area contributed by atoms with Gasteiger partial charge in [0.15, 0.2) is 0 Å². The Kier molecular flexibility index (Phi) is 3.95. The third kappa shape index (κ3) is 3.24. The number of rotatable bonds is 3. The number of aromatic nitrogens is 3. The molecule has 5 heteroatoms. The molecule has 0 aromatic carbocycles. The molecular formula is C16H24N4O. The Morgan fingerprint density at radius 1 is 1.14 bits per heavy atom. The fraction of sp³-hybridized carbons (Fsp3) is 0.625. The second kappa shape index (κ2) is 5.73. The minimum atomic E-state index is 0.0630. The van der Waals surface area contributed by atoms with E-state index >= 15 is 0 Å². The van der Waals surface area contributed by atoms with Crippen molar-refractivity contribution in [2.45, 2.75) is 32.7 Å². The van der Waals surface area contributed by atoms with Gasteiger partial charge in [0.1, 0.15) is 5.52 Å². The van der Waals surface area contributed by atoms with Crippen molar-refractivity contribution < 1.29 is 4.74 Å². The Morgan fingerprint density at radius 3 is 2.62 bits per heavy atom. The van der Waals surface area contributed by atoms with Crippen molar-refractivity contribution in [3.8, 4) is 0 Å². The van der Waals surface area contributed by atoms with Crippen LogP contribution in [-0.4, -0.2) is 52.3 Å². The van der Waals surface area contributed by atoms with Crippen LogP contribution in [0.15, 0.2) is 18.6 Å². The number of pyridine rings is 1. The molecule has 0 spiro atoms. The Balaban J connectivity index is 1.78. The number of nitrogens with zero attached hydrogens (tertiary/aromatic N) is 4. The topological polar surface area (TPSA) is 43.2 Å². The second-order valence-corrected chi connectivity index (χ2v) is 6.70. The highest BCUT2D eigenvalue weighted by Gasteiger charge is 2.17. The van der Waals surface area contributed by atoms with Crippen LogP contribution in [0, 0.1) is 0 Å². The van der Waals surface area contributed by atoms with Gasteiger partial charge in [-0.05, 0) is 6.07 Å². The second-order valence-electron chi connectivity index (χ2n) is 6.70. The van der Waals surface area contributed by atoms with Crippen LogP contribution in [0.5, 0.6) is 0 Å². The highest BCUT2D eigenvalue weighted by Crippen LogP contribution is 2.23. The molecule has 2 aromatic rings. The first-order valence-corrected chi connectivity index (χ1v) is 7.65. The zero-order valence-corrected chi connectivity index (χ0v) is 13.2. The summed E-state index contributed by atoms with van der Waals surface area (Å²) in [6.45, 7) is 12.3. The van der Waals surface area contributed by atoms with Gasteiger partial charge in [-0.2, -0.15) is 0 Å². The predicted molar refractivity (Wildman–Crippen MR) is 83.5 cm³/mol. The molecule has 0 aliphatic carbocycles. The summed E-state index contributed by atoms with van der Waals surface area (Å²) in [6.07, 6.45) is 3.82. The molecule has 1 saturated heterocycles. The third-order valence-electron chi connectivity index (χ3n) is 4.04. The lowest BCUT2D eigenvalue weighted by atomic mass is 9.91. The van der Waals surface area contributed by atoms with E-state index in [2.05, 4.69) is 46.3 Å². The number of fused-ring (bicyclic) bond motifs is 1. The van der Waals surface area contributed by atoms with Gasteiger partial charge in [0, 0.05) is 37.3 Å². The van der Waals surface area contributed by atoms with E-state index in [0.717, 1.165) is 50.6 Å². The van der Waals surface area contributed by atoms with Crippen LogP contribution >= 0.6 is 0 Å². The van der Waals surface area contributed by atoms with Crippen molar-refractivity contribution in [1.82, 2.24) is 19.4 Å². The molecule has 1 aliphatic heterocycles. The summed E-state index contributed by atoms with van der Waals surface area (Å²) < 4.78 is 7.63. The standard InChI is InChI=1S/C16H24N4O/c1-16(2,3)15-10-14-13(11-17-15)18-12-20(14)5-4-19-6-8-21-9-7-19/h10-12H,4-9H2,1-3H3. The van der Waals surface area contributed by atoms with Crippen molar-refractivity contribution in [2.24, 2.45) is 0 Å². The van der Waals surface area contributed by atoms with Gasteiger partial charge in [0.25, 0.3) is 0 Å². The molecular weight excluding hydrogens is 264 g/mol. The quantitative estimate of drug-likeness (QED) is 0.867. The van der Waals surface area contributed by atoms with E-state index in [4.69, 9.17) is 4.74 Å². The summed E-state index contributed by atoms with van der Waals surface area (Å²) in [7, 11) is 0. The van der Waals surface area contributed by atoms with Gasteiger partial charge in [0.2, 0.25) is 0 Å². The largest absolute Gasteiger partial charge is 0.379 e. The number of ether oxygens (including phenoxy) is 1. The normalized spacial score (nSPS) is 17.5. The molecule has 3 heterocycles. The molecule has 0 bridgehead atoms. The van der Waals surface area contributed by atoms with Gasteiger partial charge in [0.05, 0.1) is 31.3 Å². The van der Waals surface area contributed by atoms with Crippen molar-refractivity contribution >= 4 is 11.0 Å². The minimum Gasteiger partial charge on any atom is -0.379 e. The smallest absolute Gasteiger partial charge is 0.107 e. The fourth-order valence-corrected chi connectivity index (χ4v) is 2.62. The summed E-state index contributed by atoms with van der Waals surface area (Å²) >= 11 is 0.